The third-order valence-corrected chi connectivity index (χ3v) is 6.34. The van der Waals surface area contributed by atoms with E-state index in [1.807, 2.05) is 6.92 Å². The molecule has 0 unspecified atom stereocenters. The molecule has 0 bridgehead atoms. The summed E-state index contributed by atoms with van der Waals surface area (Å²) in [5.74, 6) is -1.03. The third kappa shape index (κ3) is 3.03. The lowest BCUT2D eigenvalue weighted by atomic mass is 10.2. The molecule has 8 heteroatoms. The van der Waals surface area contributed by atoms with Crippen LogP contribution in [-0.4, -0.2) is 49.6 Å². The van der Waals surface area contributed by atoms with E-state index in [2.05, 4.69) is 0 Å². The predicted molar refractivity (Wildman–Crippen MR) is 74.5 cm³/mol. The number of thiophene rings is 1. The first-order valence-electron chi connectivity index (χ1n) is 6.21. The number of nitrogens with zero attached hydrogens (tertiary/aromatic N) is 1. The normalized spacial score (nSPS) is 21.0. The van der Waals surface area contributed by atoms with Gasteiger partial charge in [0, 0.05) is 16.3 Å². The fourth-order valence-corrected chi connectivity index (χ4v) is 5.43. The topological polar surface area (TPSA) is 83.9 Å². The Labute approximate surface area is 122 Å². The van der Waals surface area contributed by atoms with Crippen LogP contribution >= 0.6 is 11.3 Å². The van der Waals surface area contributed by atoms with Crippen molar-refractivity contribution in [1.29, 1.82) is 0 Å². The van der Waals surface area contributed by atoms with Gasteiger partial charge in [0.2, 0.25) is 10.0 Å². The van der Waals surface area contributed by atoms with Crippen LogP contribution in [0.2, 0.25) is 0 Å². The van der Waals surface area contributed by atoms with E-state index in [0.717, 1.165) is 9.75 Å². The lowest BCUT2D eigenvalue weighted by Gasteiger charge is -2.33. The van der Waals surface area contributed by atoms with Gasteiger partial charge in [0.15, 0.2) is 0 Å². The molecule has 1 aromatic heterocycles. The summed E-state index contributed by atoms with van der Waals surface area (Å²) in [5.41, 5.74) is 0. The minimum Gasteiger partial charge on any atom is -0.481 e. The van der Waals surface area contributed by atoms with Gasteiger partial charge in [-0.15, -0.1) is 11.3 Å². The van der Waals surface area contributed by atoms with Crippen LogP contribution in [-0.2, 0) is 19.6 Å². The Morgan fingerprint density at radius 3 is 2.80 bits per heavy atom. The first-order valence-corrected chi connectivity index (χ1v) is 8.46. The zero-order chi connectivity index (χ0) is 14.9. The van der Waals surface area contributed by atoms with Crippen LogP contribution in [0, 0.1) is 13.8 Å². The maximum atomic E-state index is 12.7. The van der Waals surface area contributed by atoms with Crippen molar-refractivity contribution in [3.05, 3.63) is 15.8 Å². The average molecular weight is 319 g/mol. The SMILES string of the molecule is Cc1cc(S(=O)(=O)N2CCOC[C@@H]2CC(=O)O)c(C)s1. The highest BCUT2D eigenvalue weighted by molar-refractivity contribution is 7.89. The van der Waals surface area contributed by atoms with Crippen LogP contribution in [0.15, 0.2) is 11.0 Å². The summed E-state index contributed by atoms with van der Waals surface area (Å²) in [6.07, 6.45) is -0.249. The summed E-state index contributed by atoms with van der Waals surface area (Å²) < 4.78 is 31.9. The van der Waals surface area contributed by atoms with E-state index in [0.29, 0.717) is 0 Å². The second kappa shape index (κ2) is 5.80. The Bertz CT molecular complexity index is 607. The third-order valence-electron chi connectivity index (χ3n) is 3.17. The molecular formula is C12H17NO5S2. The van der Waals surface area contributed by atoms with E-state index < -0.39 is 22.0 Å². The first-order chi connectivity index (χ1) is 9.32. The molecule has 6 nitrogen and oxygen atoms in total. The van der Waals surface area contributed by atoms with E-state index in [9.17, 15) is 13.2 Å². The molecule has 0 aliphatic carbocycles. The van der Waals surface area contributed by atoms with Crippen LogP contribution in [0.4, 0.5) is 0 Å². The van der Waals surface area contributed by atoms with Crippen LogP contribution in [0.25, 0.3) is 0 Å². The molecule has 2 heterocycles. The van der Waals surface area contributed by atoms with Crippen molar-refractivity contribution in [2.75, 3.05) is 19.8 Å². The van der Waals surface area contributed by atoms with Gasteiger partial charge in [-0.05, 0) is 19.9 Å². The number of ether oxygens (including phenoxy) is 1. The second-order valence-electron chi connectivity index (χ2n) is 4.72. The van der Waals surface area contributed by atoms with Crippen LogP contribution in [0.3, 0.4) is 0 Å². The molecule has 1 atom stereocenters. The monoisotopic (exact) mass is 319 g/mol. The molecule has 0 spiro atoms. The number of hydrogen-bond donors (Lipinski definition) is 1. The van der Waals surface area contributed by atoms with Crippen LogP contribution < -0.4 is 0 Å². The number of carboxylic acids is 1. The fraction of sp³-hybridized carbons (Fsp3) is 0.583. The molecule has 1 aliphatic rings. The zero-order valence-electron chi connectivity index (χ0n) is 11.3. The minimum atomic E-state index is -3.67. The van der Waals surface area contributed by atoms with Gasteiger partial charge in [-0.3, -0.25) is 4.79 Å². The van der Waals surface area contributed by atoms with E-state index in [1.54, 1.807) is 13.0 Å². The van der Waals surface area contributed by atoms with Gasteiger partial charge in [-0.2, -0.15) is 4.31 Å². The van der Waals surface area contributed by atoms with Gasteiger partial charge in [0.25, 0.3) is 0 Å². The molecule has 20 heavy (non-hydrogen) atoms. The van der Waals surface area contributed by atoms with Crippen molar-refractivity contribution in [3.8, 4) is 0 Å². The van der Waals surface area contributed by atoms with Crippen molar-refractivity contribution in [2.45, 2.75) is 31.2 Å². The smallest absolute Gasteiger partial charge is 0.305 e. The van der Waals surface area contributed by atoms with Crippen LogP contribution in [0.1, 0.15) is 16.2 Å². The van der Waals surface area contributed by atoms with Crippen molar-refractivity contribution in [3.63, 3.8) is 0 Å². The molecule has 0 radical (unpaired) electrons. The number of rotatable bonds is 4. The van der Waals surface area contributed by atoms with Crippen molar-refractivity contribution in [1.82, 2.24) is 4.31 Å². The Balaban J connectivity index is 2.35. The quantitative estimate of drug-likeness (QED) is 0.902. The van der Waals surface area contributed by atoms with E-state index in [-0.39, 0.29) is 31.1 Å². The number of carboxylic acid groups (broad SMARTS) is 1. The maximum Gasteiger partial charge on any atom is 0.305 e. The summed E-state index contributed by atoms with van der Waals surface area (Å²) >= 11 is 1.42. The molecule has 1 aliphatic heterocycles. The number of morpholine rings is 1. The van der Waals surface area contributed by atoms with Crippen LogP contribution in [0.5, 0.6) is 0 Å². The highest BCUT2D eigenvalue weighted by Crippen LogP contribution is 2.30. The highest BCUT2D eigenvalue weighted by atomic mass is 32.2. The van der Waals surface area contributed by atoms with E-state index in [1.165, 1.54) is 15.6 Å². The van der Waals surface area contributed by atoms with Gasteiger partial charge in [0.1, 0.15) is 0 Å². The Hall–Kier alpha value is -0.960. The summed E-state index contributed by atoms with van der Waals surface area (Å²) in [6, 6.07) is 0.994. The molecule has 1 saturated heterocycles. The first kappa shape index (κ1) is 15.4. The standard InChI is InChI=1S/C12H17NO5S2/c1-8-5-11(9(2)19-8)20(16,17)13-3-4-18-7-10(13)6-12(14)15/h5,10H,3-4,6-7H2,1-2H3,(H,14,15)/t10-/m0/s1. The largest absolute Gasteiger partial charge is 0.481 e. The Kier molecular flexibility index (Phi) is 4.48. The van der Waals surface area contributed by atoms with Gasteiger partial charge in [0.05, 0.1) is 30.6 Å². The van der Waals surface area contributed by atoms with Crippen molar-refractivity contribution in [2.24, 2.45) is 0 Å². The van der Waals surface area contributed by atoms with Gasteiger partial charge in [-0.1, -0.05) is 0 Å². The van der Waals surface area contributed by atoms with Crippen molar-refractivity contribution >= 4 is 27.3 Å². The zero-order valence-corrected chi connectivity index (χ0v) is 13.0. The number of hydrogen-bond acceptors (Lipinski definition) is 5. The number of carbonyl (C=O) groups is 1. The summed E-state index contributed by atoms with van der Waals surface area (Å²) in [6.45, 7) is 4.21. The lowest BCUT2D eigenvalue weighted by Crippen LogP contribution is -2.49. The maximum absolute atomic E-state index is 12.7. The predicted octanol–water partition coefficient (Wildman–Crippen LogP) is 1.23. The summed E-state index contributed by atoms with van der Waals surface area (Å²) in [5, 5.41) is 8.90. The average Bonchev–Trinajstić information content (AvgIpc) is 2.69. The second-order valence-corrected chi connectivity index (χ2v) is 8.04. The fourth-order valence-electron chi connectivity index (χ4n) is 2.31. The van der Waals surface area contributed by atoms with E-state index in [4.69, 9.17) is 9.84 Å². The minimum absolute atomic E-state index is 0.119. The molecule has 1 fully saturated rings. The molecular weight excluding hydrogens is 302 g/mol. The van der Waals surface area contributed by atoms with Gasteiger partial charge >= 0.3 is 5.97 Å². The molecule has 112 valence electrons. The summed E-state index contributed by atoms with van der Waals surface area (Å²) in [4.78, 5) is 12.8. The molecule has 0 amide bonds. The molecule has 1 aromatic rings. The van der Waals surface area contributed by atoms with E-state index >= 15 is 0 Å². The molecule has 0 aromatic carbocycles. The van der Waals surface area contributed by atoms with Gasteiger partial charge < -0.3 is 9.84 Å². The molecule has 2 rings (SSSR count). The molecule has 1 N–H and O–H groups in total. The summed E-state index contributed by atoms with van der Waals surface area (Å²) in [7, 11) is -3.67. The Morgan fingerprint density at radius 1 is 1.55 bits per heavy atom. The highest BCUT2D eigenvalue weighted by Gasteiger charge is 2.36. The van der Waals surface area contributed by atoms with Gasteiger partial charge in [-0.25, -0.2) is 8.42 Å². The molecule has 0 saturated carbocycles. The number of aliphatic carboxylic acids is 1. The lowest BCUT2D eigenvalue weighted by molar-refractivity contribution is -0.139. The van der Waals surface area contributed by atoms with Crippen molar-refractivity contribution < 1.29 is 23.1 Å². The number of sulfonamides is 1. The Morgan fingerprint density at radius 2 is 2.25 bits per heavy atom. The number of aryl methyl sites for hydroxylation is 2.